The lowest BCUT2D eigenvalue weighted by molar-refractivity contribution is 0.314. The van der Waals surface area contributed by atoms with Crippen molar-refractivity contribution in [1.82, 2.24) is 25.3 Å². The summed E-state index contributed by atoms with van der Waals surface area (Å²) in [6, 6.07) is 0.478. The number of aromatic nitrogens is 5. The summed E-state index contributed by atoms with van der Waals surface area (Å²) >= 11 is 1.74. The van der Waals surface area contributed by atoms with Gasteiger partial charge in [-0.05, 0) is 37.0 Å². The highest BCUT2D eigenvalue weighted by atomic mass is 32.1. The summed E-state index contributed by atoms with van der Waals surface area (Å²) in [5.74, 6) is 1.40. The SMILES string of the molecule is Cc1nc(CCNc2nc3nonc3nc2NC2CC2)sc1C. The molecule has 0 radical (unpaired) electrons. The maximum Gasteiger partial charge on any atom is 0.245 e. The van der Waals surface area contributed by atoms with E-state index in [4.69, 9.17) is 4.63 Å². The molecular formula is C14H17N7OS. The van der Waals surface area contributed by atoms with Gasteiger partial charge in [0.15, 0.2) is 11.6 Å². The highest BCUT2D eigenvalue weighted by Gasteiger charge is 2.24. The number of thiazole rings is 1. The fraction of sp³-hybridized carbons (Fsp3) is 0.500. The Morgan fingerprint density at radius 2 is 1.83 bits per heavy atom. The summed E-state index contributed by atoms with van der Waals surface area (Å²) < 4.78 is 4.70. The van der Waals surface area contributed by atoms with Crippen LogP contribution in [-0.4, -0.2) is 37.9 Å². The summed E-state index contributed by atoms with van der Waals surface area (Å²) in [4.78, 5) is 14.7. The summed E-state index contributed by atoms with van der Waals surface area (Å²) in [5, 5.41) is 15.3. The van der Waals surface area contributed by atoms with Gasteiger partial charge in [0.25, 0.3) is 0 Å². The normalized spacial score (nSPS) is 14.3. The molecule has 0 atom stereocenters. The van der Waals surface area contributed by atoms with Gasteiger partial charge in [-0.1, -0.05) is 0 Å². The summed E-state index contributed by atoms with van der Waals surface area (Å²) in [7, 11) is 0. The minimum absolute atomic E-state index is 0.412. The predicted molar refractivity (Wildman–Crippen MR) is 87.8 cm³/mol. The van der Waals surface area contributed by atoms with E-state index in [1.165, 1.54) is 4.88 Å². The lowest BCUT2D eigenvalue weighted by Gasteiger charge is -2.10. The number of anilines is 2. The Morgan fingerprint density at radius 1 is 1.09 bits per heavy atom. The number of rotatable bonds is 6. The molecule has 0 aliphatic heterocycles. The van der Waals surface area contributed by atoms with Crippen molar-refractivity contribution >= 4 is 34.3 Å². The molecule has 1 fully saturated rings. The van der Waals surface area contributed by atoms with Crippen LogP contribution in [0.3, 0.4) is 0 Å². The van der Waals surface area contributed by atoms with E-state index in [-0.39, 0.29) is 0 Å². The van der Waals surface area contributed by atoms with Crippen LogP contribution < -0.4 is 10.6 Å². The molecule has 2 N–H and O–H groups in total. The zero-order chi connectivity index (χ0) is 15.8. The first-order valence-corrected chi connectivity index (χ1v) is 8.44. The molecule has 3 heterocycles. The lowest BCUT2D eigenvalue weighted by Crippen LogP contribution is -2.12. The molecule has 0 amide bonds. The number of aryl methyl sites for hydroxylation is 2. The third-order valence-electron chi connectivity index (χ3n) is 3.74. The number of nitrogens with zero attached hydrogens (tertiary/aromatic N) is 5. The molecule has 0 spiro atoms. The Bertz CT molecular complexity index is 819. The third-order valence-corrected chi connectivity index (χ3v) is 4.87. The van der Waals surface area contributed by atoms with Crippen molar-refractivity contribution in [3.8, 4) is 0 Å². The Labute approximate surface area is 136 Å². The highest BCUT2D eigenvalue weighted by Crippen LogP contribution is 2.28. The van der Waals surface area contributed by atoms with Crippen LogP contribution in [0.15, 0.2) is 4.63 Å². The van der Waals surface area contributed by atoms with Gasteiger partial charge in [-0.15, -0.1) is 11.3 Å². The van der Waals surface area contributed by atoms with Crippen molar-refractivity contribution in [3.63, 3.8) is 0 Å². The maximum absolute atomic E-state index is 4.70. The van der Waals surface area contributed by atoms with E-state index in [1.54, 1.807) is 11.3 Å². The average molecular weight is 331 g/mol. The van der Waals surface area contributed by atoms with Crippen molar-refractivity contribution in [2.45, 2.75) is 39.2 Å². The van der Waals surface area contributed by atoms with Gasteiger partial charge in [-0.3, -0.25) is 0 Å². The Kier molecular flexibility index (Phi) is 3.56. The second-order valence-electron chi connectivity index (χ2n) is 5.68. The van der Waals surface area contributed by atoms with Crippen LogP contribution in [0.1, 0.15) is 28.4 Å². The van der Waals surface area contributed by atoms with Crippen molar-refractivity contribution in [1.29, 1.82) is 0 Å². The van der Waals surface area contributed by atoms with E-state index in [2.05, 4.69) is 42.8 Å². The fourth-order valence-corrected chi connectivity index (χ4v) is 3.15. The zero-order valence-electron chi connectivity index (χ0n) is 13.0. The minimum Gasteiger partial charge on any atom is -0.367 e. The van der Waals surface area contributed by atoms with Crippen LogP contribution in [0.2, 0.25) is 0 Å². The Balaban J connectivity index is 1.49. The predicted octanol–water partition coefficient (Wildman–Crippen LogP) is 2.32. The van der Waals surface area contributed by atoms with E-state index in [9.17, 15) is 0 Å². The van der Waals surface area contributed by atoms with E-state index >= 15 is 0 Å². The van der Waals surface area contributed by atoms with Gasteiger partial charge >= 0.3 is 0 Å². The van der Waals surface area contributed by atoms with Gasteiger partial charge in [0.2, 0.25) is 11.3 Å². The number of hydrogen-bond donors (Lipinski definition) is 2. The second kappa shape index (κ2) is 5.73. The number of nitrogens with one attached hydrogen (secondary N) is 2. The summed E-state index contributed by atoms with van der Waals surface area (Å²) in [5.41, 5.74) is 1.94. The van der Waals surface area contributed by atoms with Crippen LogP contribution in [0.5, 0.6) is 0 Å². The second-order valence-corrected chi connectivity index (χ2v) is 6.96. The molecule has 120 valence electrons. The van der Waals surface area contributed by atoms with E-state index in [0.29, 0.717) is 29.0 Å². The van der Waals surface area contributed by atoms with Crippen molar-refractivity contribution in [2.24, 2.45) is 0 Å². The van der Waals surface area contributed by atoms with Crippen LogP contribution in [0.25, 0.3) is 11.3 Å². The molecule has 1 saturated carbocycles. The van der Waals surface area contributed by atoms with Gasteiger partial charge in [-0.25, -0.2) is 19.6 Å². The molecule has 4 rings (SSSR count). The third kappa shape index (κ3) is 3.09. The standard InChI is InChI=1S/C14H17N7OS/c1-7-8(2)23-10(16-7)5-6-15-11-12(17-9-3-4-9)19-14-13(18-11)20-22-21-14/h9H,3-6H2,1-2H3,(H,15,18,20)(H,17,19,21). The van der Waals surface area contributed by atoms with Gasteiger partial charge in [-0.2, -0.15) is 0 Å². The molecule has 23 heavy (non-hydrogen) atoms. The van der Waals surface area contributed by atoms with Gasteiger partial charge < -0.3 is 10.6 Å². The largest absolute Gasteiger partial charge is 0.367 e. The smallest absolute Gasteiger partial charge is 0.245 e. The van der Waals surface area contributed by atoms with Crippen molar-refractivity contribution in [3.05, 3.63) is 15.6 Å². The van der Waals surface area contributed by atoms with E-state index in [0.717, 1.165) is 36.5 Å². The average Bonchev–Trinajstić information content (AvgIpc) is 3.12. The van der Waals surface area contributed by atoms with Crippen LogP contribution in [0.4, 0.5) is 11.6 Å². The molecule has 0 bridgehead atoms. The highest BCUT2D eigenvalue weighted by molar-refractivity contribution is 7.11. The quantitative estimate of drug-likeness (QED) is 0.709. The first-order chi connectivity index (χ1) is 11.2. The van der Waals surface area contributed by atoms with Crippen LogP contribution in [-0.2, 0) is 6.42 Å². The number of hydrogen-bond acceptors (Lipinski definition) is 9. The summed E-state index contributed by atoms with van der Waals surface area (Å²) in [6.45, 7) is 4.87. The van der Waals surface area contributed by atoms with Gasteiger partial charge in [0.1, 0.15) is 0 Å². The molecule has 8 nitrogen and oxygen atoms in total. The molecular weight excluding hydrogens is 314 g/mol. The molecule has 3 aromatic heterocycles. The van der Waals surface area contributed by atoms with E-state index < -0.39 is 0 Å². The molecule has 1 aliphatic rings. The molecule has 0 unspecified atom stereocenters. The molecule has 1 aliphatic carbocycles. The Hall–Kier alpha value is -2.29. The van der Waals surface area contributed by atoms with E-state index in [1.807, 2.05) is 6.92 Å². The molecule has 0 aromatic carbocycles. The first-order valence-electron chi connectivity index (χ1n) is 7.62. The first kappa shape index (κ1) is 14.3. The van der Waals surface area contributed by atoms with Gasteiger partial charge in [0, 0.05) is 23.9 Å². The fourth-order valence-electron chi connectivity index (χ4n) is 2.22. The lowest BCUT2D eigenvalue weighted by atomic mass is 10.4. The summed E-state index contributed by atoms with van der Waals surface area (Å²) in [6.07, 6.45) is 3.17. The Morgan fingerprint density at radius 3 is 2.48 bits per heavy atom. The van der Waals surface area contributed by atoms with Crippen molar-refractivity contribution in [2.75, 3.05) is 17.2 Å². The zero-order valence-corrected chi connectivity index (χ0v) is 13.8. The molecule has 9 heteroatoms. The van der Waals surface area contributed by atoms with Crippen LogP contribution >= 0.6 is 11.3 Å². The minimum atomic E-state index is 0.412. The van der Waals surface area contributed by atoms with Crippen LogP contribution in [0, 0.1) is 13.8 Å². The maximum atomic E-state index is 4.70. The molecule has 3 aromatic rings. The monoisotopic (exact) mass is 331 g/mol. The van der Waals surface area contributed by atoms with Gasteiger partial charge in [0.05, 0.1) is 10.7 Å². The topological polar surface area (TPSA) is 102 Å². The molecule has 0 saturated heterocycles. The van der Waals surface area contributed by atoms with Crippen molar-refractivity contribution < 1.29 is 4.63 Å². The number of fused-ring (bicyclic) bond motifs is 1.